The van der Waals surface area contributed by atoms with Crippen LogP contribution in [0.5, 0.6) is 0 Å². The lowest BCUT2D eigenvalue weighted by Gasteiger charge is -2.36. The second kappa shape index (κ2) is 5.78. The van der Waals surface area contributed by atoms with Gasteiger partial charge in [0.15, 0.2) is 5.76 Å². The van der Waals surface area contributed by atoms with E-state index in [2.05, 4.69) is 6.92 Å². The summed E-state index contributed by atoms with van der Waals surface area (Å²) >= 11 is 0. The zero-order valence-corrected chi connectivity index (χ0v) is 12.0. The van der Waals surface area contributed by atoms with Crippen molar-refractivity contribution in [2.45, 2.75) is 46.1 Å². The van der Waals surface area contributed by atoms with E-state index in [0.29, 0.717) is 12.3 Å². The topological polar surface area (TPSA) is 53.7 Å². The highest BCUT2D eigenvalue weighted by atomic mass is 16.4. The lowest BCUT2D eigenvalue weighted by Crippen LogP contribution is -2.46. The van der Waals surface area contributed by atoms with E-state index in [0.717, 1.165) is 30.6 Å². The maximum Gasteiger partial charge on any atom is 0.289 e. The number of carbonyl (C=O) groups is 1. The number of rotatable bonds is 3. The van der Waals surface area contributed by atoms with Crippen molar-refractivity contribution < 1.29 is 14.3 Å². The van der Waals surface area contributed by atoms with Crippen LogP contribution in [0.4, 0.5) is 0 Å². The highest BCUT2D eigenvalue weighted by Gasteiger charge is 2.30. The van der Waals surface area contributed by atoms with Crippen LogP contribution >= 0.6 is 0 Å². The average Bonchev–Trinajstić information content (AvgIpc) is 2.80. The van der Waals surface area contributed by atoms with Gasteiger partial charge < -0.3 is 14.4 Å². The van der Waals surface area contributed by atoms with E-state index < -0.39 is 0 Å². The fourth-order valence-electron chi connectivity index (χ4n) is 2.73. The third-order valence-electron chi connectivity index (χ3n) is 4.05. The van der Waals surface area contributed by atoms with Crippen molar-refractivity contribution in [3.8, 4) is 0 Å². The molecule has 0 spiro atoms. The molecule has 0 aliphatic carbocycles. The van der Waals surface area contributed by atoms with Gasteiger partial charge in [-0.05, 0) is 44.2 Å². The molecule has 0 saturated carbocycles. The molecule has 0 bridgehead atoms. The Bertz CT molecular complexity index is 452. The molecule has 1 aromatic rings. The lowest BCUT2D eigenvalue weighted by molar-refractivity contribution is 0.0458. The second-order valence-electron chi connectivity index (χ2n) is 5.50. The fraction of sp³-hybridized carbons (Fsp3) is 0.667. The van der Waals surface area contributed by atoms with Crippen molar-refractivity contribution in [2.24, 2.45) is 5.92 Å². The Kier molecular flexibility index (Phi) is 4.30. The van der Waals surface area contributed by atoms with Gasteiger partial charge in [-0.1, -0.05) is 6.92 Å². The number of carbonyl (C=O) groups excluding carboxylic acids is 1. The molecule has 2 heterocycles. The Hall–Kier alpha value is -1.29. The summed E-state index contributed by atoms with van der Waals surface area (Å²) in [6, 6.07) is 2.04. The summed E-state index contributed by atoms with van der Waals surface area (Å²) in [6.45, 7) is 6.81. The lowest BCUT2D eigenvalue weighted by atomic mass is 9.94. The SMILES string of the molecule is CCc1oc(C(=O)N2CC(CO)CCC2C)cc1C. The van der Waals surface area contributed by atoms with E-state index in [1.807, 2.05) is 24.8 Å². The summed E-state index contributed by atoms with van der Waals surface area (Å²) in [5.74, 6) is 1.46. The molecule has 1 amide bonds. The average molecular weight is 265 g/mol. The summed E-state index contributed by atoms with van der Waals surface area (Å²) < 4.78 is 5.64. The molecule has 2 unspecified atom stereocenters. The molecule has 1 aromatic heterocycles. The first-order valence-electron chi connectivity index (χ1n) is 7.07. The van der Waals surface area contributed by atoms with Crippen LogP contribution in [0.2, 0.25) is 0 Å². The largest absolute Gasteiger partial charge is 0.456 e. The zero-order chi connectivity index (χ0) is 14.0. The minimum Gasteiger partial charge on any atom is -0.456 e. The van der Waals surface area contributed by atoms with Gasteiger partial charge in [-0.25, -0.2) is 0 Å². The molecule has 1 N–H and O–H groups in total. The molecule has 19 heavy (non-hydrogen) atoms. The Morgan fingerprint density at radius 1 is 1.53 bits per heavy atom. The first-order valence-corrected chi connectivity index (χ1v) is 7.07. The van der Waals surface area contributed by atoms with Gasteiger partial charge in [0.2, 0.25) is 0 Å². The number of aryl methyl sites for hydroxylation is 2. The van der Waals surface area contributed by atoms with E-state index >= 15 is 0 Å². The maximum atomic E-state index is 12.5. The van der Waals surface area contributed by atoms with Crippen LogP contribution in [-0.2, 0) is 6.42 Å². The van der Waals surface area contributed by atoms with Crippen LogP contribution in [0.3, 0.4) is 0 Å². The third kappa shape index (κ3) is 2.84. The molecular weight excluding hydrogens is 242 g/mol. The van der Waals surface area contributed by atoms with Crippen molar-refractivity contribution in [3.05, 3.63) is 23.2 Å². The van der Waals surface area contributed by atoms with Crippen molar-refractivity contribution >= 4 is 5.91 Å². The number of piperidine rings is 1. The van der Waals surface area contributed by atoms with Crippen LogP contribution in [0, 0.1) is 12.8 Å². The van der Waals surface area contributed by atoms with Gasteiger partial charge in [-0.15, -0.1) is 0 Å². The Morgan fingerprint density at radius 3 is 2.84 bits per heavy atom. The number of hydrogen-bond acceptors (Lipinski definition) is 3. The maximum absolute atomic E-state index is 12.5. The first kappa shape index (κ1) is 14.1. The summed E-state index contributed by atoms with van der Waals surface area (Å²) in [7, 11) is 0. The number of amides is 1. The molecule has 4 heteroatoms. The van der Waals surface area contributed by atoms with Crippen LogP contribution in [0.1, 0.15) is 48.6 Å². The van der Waals surface area contributed by atoms with Gasteiger partial charge in [-0.3, -0.25) is 4.79 Å². The van der Waals surface area contributed by atoms with Gasteiger partial charge in [-0.2, -0.15) is 0 Å². The van der Waals surface area contributed by atoms with Crippen LogP contribution < -0.4 is 0 Å². The molecule has 1 aliphatic rings. The van der Waals surface area contributed by atoms with E-state index in [-0.39, 0.29) is 24.5 Å². The van der Waals surface area contributed by atoms with Crippen LogP contribution in [0.25, 0.3) is 0 Å². The van der Waals surface area contributed by atoms with Gasteiger partial charge in [0.05, 0.1) is 0 Å². The summed E-state index contributed by atoms with van der Waals surface area (Å²) in [5.41, 5.74) is 1.04. The monoisotopic (exact) mass is 265 g/mol. The van der Waals surface area contributed by atoms with Crippen molar-refractivity contribution in [3.63, 3.8) is 0 Å². The normalized spacial score (nSPS) is 23.7. The number of aliphatic hydroxyl groups excluding tert-OH is 1. The number of aliphatic hydroxyl groups is 1. The van der Waals surface area contributed by atoms with E-state index in [1.165, 1.54) is 0 Å². The Labute approximate surface area is 114 Å². The predicted octanol–water partition coefficient (Wildman–Crippen LogP) is 2.38. The van der Waals surface area contributed by atoms with Crippen molar-refractivity contribution in [1.82, 2.24) is 4.90 Å². The predicted molar refractivity (Wildman–Crippen MR) is 73.1 cm³/mol. The molecule has 2 atom stereocenters. The summed E-state index contributed by atoms with van der Waals surface area (Å²) in [5, 5.41) is 9.27. The smallest absolute Gasteiger partial charge is 0.289 e. The minimum absolute atomic E-state index is 0.0477. The first-order chi connectivity index (χ1) is 9.06. The van der Waals surface area contributed by atoms with E-state index in [4.69, 9.17) is 4.42 Å². The van der Waals surface area contributed by atoms with Crippen LogP contribution in [-0.4, -0.2) is 35.1 Å². The molecule has 1 saturated heterocycles. The Morgan fingerprint density at radius 2 is 2.26 bits per heavy atom. The fourth-order valence-corrected chi connectivity index (χ4v) is 2.73. The van der Waals surface area contributed by atoms with Crippen molar-refractivity contribution in [2.75, 3.05) is 13.2 Å². The molecule has 4 nitrogen and oxygen atoms in total. The standard InChI is InChI=1S/C15H23NO3/c1-4-13-10(2)7-14(19-13)15(18)16-8-12(9-17)6-5-11(16)3/h7,11-12,17H,4-6,8-9H2,1-3H3. The molecule has 0 aromatic carbocycles. The van der Waals surface area contributed by atoms with Gasteiger partial charge in [0.1, 0.15) is 5.76 Å². The molecule has 2 rings (SSSR count). The van der Waals surface area contributed by atoms with Crippen molar-refractivity contribution in [1.29, 1.82) is 0 Å². The van der Waals surface area contributed by atoms with Crippen LogP contribution in [0.15, 0.2) is 10.5 Å². The van der Waals surface area contributed by atoms with Gasteiger partial charge in [0.25, 0.3) is 5.91 Å². The molecule has 106 valence electrons. The number of nitrogens with zero attached hydrogens (tertiary/aromatic N) is 1. The Balaban J connectivity index is 2.17. The van der Waals surface area contributed by atoms with Gasteiger partial charge >= 0.3 is 0 Å². The van der Waals surface area contributed by atoms with E-state index in [9.17, 15) is 9.90 Å². The quantitative estimate of drug-likeness (QED) is 0.913. The summed E-state index contributed by atoms with van der Waals surface area (Å²) in [4.78, 5) is 14.3. The number of likely N-dealkylation sites (tertiary alicyclic amines) is 1. The molecule has 1 fully saturated rings. The second-order valence-corrected chi connectivity index (χ2v) is 5.50. The number of hydrogen-bond donors (Lipinski definition) is 1. The summed E-state index contributed by atoms with van der Waals surface area (Å²) in [6.07, 6.45) is 2.73. The zero-order valence-electron chi connectivity index (χ0n) is 12.0. The molecule has 0 radical (unpaired) electrons. The number of furan rings is 1. The molecule has 1 aliphatic heterocycles. The highest BCUT2D eigenvalue weighted by Crippen LogP contribution is 2.25. The minimum atomic E-state index is -0.0477. The molecular formula is C15H23NO3. The third-order valence-corrected chi connectivity index (χ3v) is 4.05. The highest BCUT2D eigenvalue weighted by molar-refractivity contribution is 5.92. The van der Waals surface area contributed by atoms with Gasteiger partial charge in [0, 0.05) is 25.6 Å². The van der Waals surface area contributed by atoms with E-state index in [1.54, 1.807) is 0 Å².